The Morgan fingerprint density at radius 2 is 1.32 bits per heavy atom. The van der Waals surface area contributed by atoms with Crippen LogP contribution < -0.4 is 9.47 Å². The summed E-state index contributed by atoms with van der Waals surface area (Å²) in [6.07, 6.45) is 7.30. The van der Waals surface area contributed by atoms with Crippen LogP contribution >= 0.6 is 15.9 Å². The van der Waals surface area contributed by atoms with E-state index in [4.69, 9.17) is 9.47 Å². The van der Waals surface area contributed by atoms with Gasteiger partial charge >= 0.3 is 0 Å². The van der Waals surface area contributed by atoms with Crippen molar-refractivity contribution in [3.8, 4) is 11.5 Å². The smallest absolute Gasteiger partial charge is 0.254 e. The molecule has 6 rings (SSSR count). The van der Waals surface area contributed by atoms with E-state index in [1.54, 1.807) is 26.4 Å². The summed E-state index contributed by atoms with van der Waals surface area (Å²) < 4.78 is 11.5. The first-order chi connectivity index (χ1) is 14.9. The fraction of sp³-hybridized carbons (Fsp3) is 0.667. The molecular weight excluding hydrogens is 460 g/mol. The summed E-state index contributed by atoms with van der Waals surface area (Å²) in [5, 5.41) is 0. The Morgan fingerprint density at radius 3 is 1.77 bits per heavy atom. The second kappa shape index (κ2) is 7.98. The van der Waals surface area contributed by atoms with Gasteiger partial charge in [0, 0.05) is 31.7 Å². The molecule has 5 fully saturated rings. The molecule has 1 heterocycles. The van der Waals surface area contributed by atoms with Gasteiger partial charge in [0.15, 0.2) is 0 Å². The zero-order valence-corrected chi connectivity index (χ0v) is 19.9. The van der Waals surface area contributed by atoms with Crippen molar-refractivity contribution in [3.05, 3.63) is 22.2 Å². The van der Waals surface area contributed by atoms with E-state index in [1.165, 1.54) is 19.3 Å². The minimum absolute atomic E-state index is 0.0500. The maximum Gasteiger partial charge on any atom is 0.254 e. The number of carbonyl (C=O) groups is 2. The zero-order chi connectivity index (χ0) is 21.8. The summed E-state index contributed by atoms with van der Waals surface area (Å²) in [6.45, 7) is 2.38. The molecule has 4 saturated carbocycles. The molecular formula is C24H31BrN2O4. The summed E-state index contributed by atoms with van der Waals surface area (Å²) in [5.41, 5.74) is 0.436. The monoisotopic (exact) mass is 490 g/mol. The largest absolute Gasteiger partial charge is 0.495 e. The lowest BCUT2D eigenvalue weighted by molar-refractivity contribution is -0.159. The van der Waals surface area contributed by atoms with Crippen LogP contribution in [0.2, 0.25) is 0 Å². The van der Waals surface area contributed by atoms with Crippen LogP contribution in [-0.4, -0.2) is 62.0 Å². The number of nitrogens with zero attached hydrogens (tertiary/aromatic N) is 2. The molecule has 4 bridgehead atoms. The van der Waals surface area contributed by atoms with E-state index in [0.29, 0.717) is 53.6 Å². The Bertz CT molecular complexity index is 833. The van der Waals surface area contributed by atoms with E-state index in [0.717, 1.165) is 37.0 Å². The highest BCUT2D eigenvalue weighted by Gasteiger charge is 2.55. The average molecular weight is 491 g/mol. The average Bonchev–Trinajstić information content (AvgIpc) is 2.77. The second-order valence-electron chi connectivity index (χ2n) is 9.98. The molecule has 1 aliphatic heterocycles. The number of carbonyl (C=O) groups excluding carboxylic acids is 2. The molecule has 0 atom stereocenters. The van der Waals surface area contributed by atoms with Crippen molar-refractivity contribution in [2.24, 2.45) is 23.2 Å². The van der Waals surface area contributed by atoms with Crippen molar-refractivity contribution in [2.75, 3.05) is 40.4 Å². The van der Waals surface area contributed by atoms with Gasteiger partial charge in [-0.05, 0) is 84.3 Å². The first-order valence-electron chi connectivity index (χ1n) is 11.4. The molecule has 7 heteroatoms. The standard InChI is InChI=1S/C24H31BrN2O4/c1-30-19-10-18(11-20(31-2)21(19)25)22(28)26-3-5-27(6-4-26)23(29)24-12-15-7-16(13-24)9-17(8-15)14-24/h10-11,15-17H,3-9,12-14H2,1-2H3. The Morgan fingerprint density at radius 1 is 0.871 bits per heavy atom. The van der Waals surface area contributed by atoms with Gasteiger partial charge in [-0.1, -0.05) is 0 Å². The minimum atomic E-state index is -0.104. The predicted molar refractivity (Wildman–Crippen MR) is 120 cm³/mol. The first kappa shape index (κ1) is 21.1. The van der Waals surface area contributed by atoms with Crippen molar-refractivity contribution in [2.45, 2.75) is 38.5 Å². The maximum absolute atomic E-state index is 13.6. The van der Waals surface area contributed by atoms with Crippen molar-refractivity contribution < 1.29 is 19.1 Å². The van der Waals surface area contributed by atoms with Crippen LogP contribution in [0.25, 0.3) is 0 Å². The fourth-order valence-electron chi connectivity index (χ4n) is 7.00. The maximum atomic E-state index is 13.6. The number of ether oxygens (including phenoxy) is 2. The second-order valence-corrected chi connectivity index (χ2v) is 10.8. The van der Waals surface area contributed by atoms with Gasteiger partial charge in [-0.15, -0.1) is 0 Å². The lowest BCUT2D eigenvalue weighted by atomic mass is 9.49. The molecule has 1 saturated heterocycles. The molecule has 5 aliphatic rings. The van der Waals surface area contributed by atoms with E-state index >= 15 is 0 Å². The van der Waals surface area contributed by atoms with Crippen molar-refractivity contribution in [1.29, 1.82) is 0 Å². The van der Waals surface area contributed by atoms with Crippen molar-refractivity contribution in [1.82, 2.24) is 9.80 Å². The van der Waals surface area contributed by atoms with Gasteiger partial charge in [0.2, 0.25) is 5.91 Å². The van der Waals surface area contributed by atoms with Gasteiger partial charge in [0.1, 0.15) is 16.0 Å². The van der Waals surface area contributed by atoms with Crippen LogP contribution in [0.5, 0.6) is 11.5 Å². The van der Waals surface area contributed by atoms with E-state index in [2.05, 4.69) is 15.9 Å². The Labute approximate surface area is 192 Å². The lowest BCUT2D eigenvalue weighted by Gasteiger charge is -2.57. The Hall–Kier alpha value is -1.76. The SMILES string of the molecule is COc1cc(C(=O)N2CCN(C(=O)C34CC5CC(CC(C5)C3)C4)CC2)cc(OC)c1Br. The topological polar surface area (TPSA) is 59.1 Å². The molecule has 1 aromatic rings. The highest BCUT2D eigenvalue weighted by Crippen LogP contribution is 2.60. The van der Waals surface area contributed by atoms with Gasteiger partial charge in [0.25, 0.3) is 5.91 Å². The summed E-state index contributed by atoms with van der Waals surface area (Å²) in [5.74, 6) is 3.75. The van der Waals surface area contributed by atoms with Gasteiger partial charge in [-0.2, -0.15) is 0 Å². The Kier molecular flexibility index (Phi) is 5.43. The summed E-state index contributed by atoms with van der Waals surface area (Å²) in [6, 6.07) is 3.48. The highest BCUT2D eigenvalue weighted by molar-refractivity contribution is 9.10. The van der Waals surface area contributed by atoms with E-state index in [9.17, 15) is 9.59 Å². The summed E-state index contributed by atoms with van der Waals surface area (Å²) >= 11 is 3.45. The van der Waals surface area contributed by atoms with Gasteiger partial charge in [-0.25, -0.2) is 0 Å². The number of piperazine rings is 1. The third kappa shape index (κ3) is 3.62. The van der Waals surface area contributed by atoms with Crippen molar-refractivity contribution in [3.63, 3.8) is 0 Å². The van der Waals surface area contributed by atoms with Gasteiger partial charge < -0.3 is 19.3 Å². The number of hydrogen-bond donors (Lipinski definition) is 0. The number of methoxy groups -OCH3 is 2. The van der Waals surface area contributed by atoms with Crippen LogP contribution in [0.15, 0.2) is 16.6 Å². The number of halogens is 1. The molecule has 0 unspecified atom stereocenters. The lowest BCUT2D eigenvalue weighted by Crippen LogP contribution is -2.58. The number of rotatable bonds is 4. The molecule has 1 aromatic carbocycles. The van der Waals surface area contributed by atoms with E-state index in [-0.39, 0.29) is 11.3 Å². The van der Waals surface area contributed by atoms with Gasteiger partial charge in [-0.3, -0.25) is 9.59 Å². The van der Waals surface area contributed by atoms with Crippen molar-refractivity contribution >= 4 is 27.7 Å². The molecule has 31 heavy (non-hydrogen) atoms. The molecule has 0 radical (unpaired) electrons. The number of amides is 2. The van der Waals surface area contributed by atoms with Gasteiger partial charge in [0.05, 0.1) is 19.6 Å². The van der Waals surface area contributed by atoms with Crippen LogP contribution in [-0.2, 0) is 4.79 Å². The third-order valence-corrected chi connectivity index (χ3v) is 8.82. The molecule has 0 spiro atoms. The fourth-order valence-corrected chi connectivity index (χ4v) is 7.55. The van der Waals surface area contributed by atoms with Crippen LogP contribution in [0.4, 0.5) is 0 Å². The first-order valence-corrected chi connectivity index (χ1v) is 12.2. The number of benzene rings is 1. The van der Waals surface area contributed by atoms with E-state index < -0.39 is 0 Å². The Balaban J connectivity index is 1.26. The zero-order valence-electron chi connectivity index (χ0n) is 18.4. The molecule has 4 aliphatic carbocycles. The summed E-state index contributed by atoms with van der Waals surface area (Å²) in [4.78, 5) is 30.6. The summed E-state index contributed by atoms with van der Waals surface area (Å²) in [7, 11) is 3.14. The third-order valence-electron chi connectivity index (χ3n) is 8.04. The molecule has 6 nitrogen and oxygen atoms in total. The predicted octanol–water partition coefficient (Wildman–Crippen LogP) is 3.97. The molecule has 0 aromatic heterocycles. The molecule has 0 N–H and O–H groups in total. The normalized spacial score (nSPS) is 31.6. The van der Waals surface area contributed by atoms with Crippen LogP contribution in [0.3, 0.4) is 0 Å². The van der Waals surface area contributed by atoms with Crippen LogP contribution in [0.1, 0.15) is 48.9 Å². The quantitative estimate of drug-likeness (QED) is 0.640. The minimum Gasteiger partial charge on any atom is -0.495 e. The molecule has 168 valence electrons. The highest BCUT2D eigenvalue weighted by atomic mass is 79.9. The van der Waals surface area contributed by atoms with E-state index in [1.807, 2.05) is 9.80 Å². The van der Waals surface area contributed by atoms with Crippen LogP contribution in [0, 0.1) is 23.2 Å². The molecule has 2 amide bonds. The number of hydrogen-bond acceptors (Lipinski definition) is 4.